The highest BCUT2D eigenvalue weighted by molar-refractivity contribution is 6.30. The summed E-state index contributed by atoms with van der Waals surface area (Å²) in [5, 5.41) is 13.4. The molecule has 0 unspecified atom stereocenters. The van der Waals surface area contributed by atoms with Crippen LogP contribution in [0.1, 0.15) is 12.6 Å². The molecule has 5 aromatic rings. The molecule has 1 aromatic carbocycles. The normalized spacial score (nSPS) is 11.5. The van der Waals surface area contributed by atoms with E-state index in [1.54, 1.807) is 16.9 Å². The molecule has 138 valence electrons. The van der Waals surface area contributed by atoms with Crippen LogP contribution in [0.2, 0.25) is 5.02 Å². The van der Waals surface area contributed by atoms with Crippen molar-refractivity contribution in [3.8, 4) is 11.1 Å². The highest BCUT2D eigenvalue weighted by Crippen LogP contribution is 2.30. The van der Waals surface area contributed by atoms with E-state index in [0.717, 1.165) is 23.2 Å². The Hall–Kier alpha value is -3.52. The number of aryl methyl sites for hydroxylation is 1. The van der Waals surface area contributed by atoms with Crippen molar-refractivity contribution < 1.29 is 0 Å². The second-order valence-electron chi connectivity index (χ2n) is 6.28. The van der Waals surface area contributed by atoms with Crippen LogP contribution >= 0.6 is 11.6 Å². The minimum Gasteiger partial charge on any atom is -0.267 e. The van der Waals surface area contributed by atoms with Gasteiger partial charge in [-0.15, -0.1) is 10.2 Å². The number of fused-ring (bicyclic) bond motifs is 3. The third-order valence-electron chi connectivity index (χ3n) is 4.69. The summed E-state index contributed by atoms with van der Waals surface area (Å²) in [5.41, 5.74) is 4.01. The molecule has 28 heavy (non-hydrogen) atoms. The Balaban J connectivity index is 1.81. The van der Waals surface area contributed by atoms with Crippen molar-refractivity contribution in [2.24, 2.45) is 0 Å². The fourth-order valence-electron chi connectivity index (χ4n) is 3.35. The van der Waals surface area contributed by atoms with Gasteiger partial charge in [0.15, 0.2) is 5.65 Å². The Morgan fingerprint density at radius 2 is 1.82 bits per heavy atom. The summed E-state index contributed by atoms with van der Waals surface area (Å²) in [4.78, 5) is 17.5. The zero-order valence-corrected chi connectivity index (χ0v) is 15.6. The van der Waals surface area contributed by atoms with E-state index < -0.39 is 0 Å². The Kier molecular flexibility index (Phi) is 3.73. The number of pyridine rings is 1. The molecular weight excluding hydrogens is 378 g/mol. The quantitative estimate of drug-likeness (QED) is 0.472. The first-order valence-electron chi connectivity index (χ1n) is 8.70. The van der Waals surface area contributed by atoms with Crippen molar-refractivity contribution in [2.45, 2.75) is 13.3 Å². The van der Waals surface area contributed by atoms with Crippen LogP contribution in [0.25, 0.3) is 27.7 Å². The van der Waals surface area contributed by atoms with Crippen LogP contribution in [0.4, 0.5) is 0 Å². The second kappa shape index (κ2) is 6.28. The summed E-state index contributed by atoms with van der Waals surface area (Å²) in [6.07, 6.45) is 6.92. The fraction of sp³-hybridized carbons (Fsp3) is 0.105. The maximum atomic E-state index is 12.9. The van der Waals surface area contributed by atoms with Crippen LogP contribution < -0.4 is 5.56 Å². The topological polar surface area (TPSA) is 82.9 Å². The summed E-state index contributed by atoms with van der Waals surface area (Å²) in [6, 6.07) is 9.43. The highest BCUT2D eigenvalue weighted by atomic mass is 35.5. The van der Waals surface area contributed by atoms with Gasteiger partial charge in [-0.25, -0.2) is 18.9 Å². The van der Waals surface area contributed by atoms with Crippen molar-refractivity contribution >= 4 is 28.2 Å². The number of nitrogens with zero attached hydrogens (tertiary/aromatic N) is 7. The van der Waals surface area contributed by atoms with Crippen LogP contribution in [-0.2, 0) is 6.42 Å². The van der Waals surface area contributed by atoms with E-state index in [1.807, 2.05) is 37.3 Å². The van der Waals surface area contributed by atoms with Gasteiger partial charge in [-0.2, -0.15) is 5.10 Å². The average molecular weight is 392 g/mol. The average Bonchev–Trinajstić information content (AvgIpc) is 3.36. The molecule has 4 heterocycles. The fourth-order valence-corrected chi connectivity index (χ4v) is 3.48. The molecule has 0 atom stereocenters. The van der Waals surface area contributed by atoms with Gasteiger partial charge in [-0.1, -0.05) is 30.7 Å². The third-order valence-corrected chi connectivity index (χ3v) is 4.94. The summed E-state index contributed by atoms with van der Waals surface area (Å²) >= 11 is 6.03. The molecule has 8 nitrogen and oxygen atoms in total. The third kappa shape index (κ3) is 2.42. The number of benzene rings is 1. The number of hydrogen-bond acceptors (Lipinski definition) is 5. The molecule has 0 saturated heterocycles. The Labute approximate surface area is 163 Å². The van der Waals surface area contributed by atoms with E-state index in [0.29, 0.717) is 21.6 Å². The number of aromatic nitrogens is 7. The van der Waals surface area contributed by atoms with E-state index in [-0.39, 0.29) is 5.56 Å². The van der Waals surface area contributed by atoms with Gasteiger partial charge in [0.25, 0.3) is 5.56 Å². The van der Waals surface area contributed by atoms with Gasteiger partial charge in [0.1, 0.15) is 12.7 Å². The molecule has 0 fully saturated rings. The molecular formula is C19H14ClN7O. The lowest BCUT2D eigenvalue weighted by molar-refractivity contribution is 0.632. The minimum absolute atomic E-state index is 0.228. The van der Waals surface area contributed by atoms with Gasteiger partial charge in [0.2, 0.25) is 0 Å². The maximum Gasteiger partial charge on any atom is 0.280 e. The Morgan fingerprint density at radius 3 is 2.54 bits per heavy atom. The van der Waals surface area contributed by atoms with Crippen LogP contribution in [-0.4, -0.2) is 34.1 Å². The van der Waals surface area contributed by atoms with Crippen molar-refractivity contribution in [1.29, 1.82) is 0 Å². The molecule has 0 radical (unpaired) electrons. The second-order valence-corrected chi connectivity index (χ2v) is 6.72. The molecule has 0 N–H and O–H groups in total. The number of rotatable bonds is 3. The smallest absolute Gasteiger partial charge is 0.267 e. The van der Waals surface area contributed by atoms with E-state index in [4.69, 9.17) is 16.7 Å². The maximum absolute atomic E-state index is 12.9. The lowest BCUT2D eigenvalue weighted by Crippen LogP contribution is -2.25. The van der Waals surface area contributed by atoms with Gasteiger partial charge in [0.05, 0.1) is 16.6 Å². The monoisotopic (exact) mass is 391 g/mol. The minimum atomic E-state index is -0.228. The molecule has 0 aliphatic heterocycles. The summed E-state index contributed by atoms with van der Waals surface area (Å²) in [7, 11) is 0. The molecule has 0 bridgehead atoms. The predicted molar refractivity (Wildman–Crippen MR) is 105 cm³/mol. The molecule has 5 rings (SSSR count). The zero-order valence-electron chi connectivity index (χ0n) is 14.8. The zero-order chi connectivity index (χ0) is 19.3. The number of halogens is 1. The Morgan fingerprint density at radius 1 is 1.07 bits per heavy atom. The van der Waals surface area contributed by atoms with Gasteiger partial charge in [-0.05, 0) is 30.2 Å². The first-order valence-corrected chi connectivity index (χ1v) is 9.08. The molecule has 9 heteroatoms. The van der Waals surface area contributed by atoms with Crippen molar-refractivity contribution in [2.75, 3.05) is 0 Å². The largest absolute Gasteiger partial charge is 0.280 e. The summed E-state index contributed by atoms with van der Waals surface area (Å²) in [5.74, 6) is 0. The molecule has 0 aliphatic carbocycles. The molecule has 0 aliphatic rings. The van der Waals surface area contributed by atoms with Gasteiger partial charge < -0.3 is 0 Å². The van der Waals surface area contributed by atoms with Crippen molar-refractivity contribution in [3.05, 3.63) is 76.5 Å². The standard InChI is InChI=1S/C19H14ClN7O/c1-2-15-17(12-3-5-13(20)6-4-12)18-21-9-14-16(27(18)24-15)7-8-26(19(14)28)25-10-22-23-11-25/h3-11H,2H2,1H3. The van der Waals surface area contributed by atoms with Crippen LogP contribution in [0.15, 0.2) is 60.2 Å². The van der Waals surface area contributed by atoms with Crippen molar-refractivity contribution in [3.63, 3.8) is 0 Å². The predicted octanol–water partition coefficient (Wildman–Crippen LogP) is 2.83. The van der Waals surface area contributed by atoms with E-state index >= 15 is 0 Å². The first-order chi connectivity index (χ1) is 13.7. The van der Waals surface area contributed by atoms with E-state index in [1.165, 1.54) is 22.0 Å². The highest BCUT2D eigenvalue weighted by Gasteiger charge is 2.18. The lowest BCUT2D eigenvalue weighted by atomic mass is 10.0. The molecule has 0 saturated carbocycles. The van der Waals surface area contributed by atoms with Gasteiger partial charge in [0, 0.05) is 23.0 Å². The first kappa shape index (κ1) is 16.6. The Bertz CT molecular complexity index is 1370. The lowest BCUT2D eigenvalue weighted by Gasteiger charge is -2.07. The van der Waals surface area contributed by atoms with Crippen LogP contribution in [0, 0.1) is 0 Å². The van der Waals surface area contributed by atoms with Crippen molar-refractivity contribution in [1.82, 2.24) is 34.1 Å². The van der Waals surface area contributed by atoms with E-state index in [2.05, 4.69) is 15.2 Å². The van der Waals surface area contributed by atoms with E-state index in [9.17, 15) is 4.79 Å². The van der Waals surface area contributed by atoms with Gasteiger partial charge in [-0.3, -0.25) is 4.79 Å². The summed E-state index contributed by atoms with van der Waals surface area (Å²) < 4.78 is 4.65. The van der Waals surface area contributed by atoms with Gasteiger partial charge >= 0.3 is 0 Å². The van der Waals surface area contributed by atoms with Crippen LogP contribution in [0.5, 0.6) is 0 Å². The van der Waals surface area contributed by atoms with Crippen LogP contribution in [0.3, 0.4) is 0 Å². The molecule has 4 aromatic heterocycles. The molecule has 0 spiro atoms. The number of hydrogen-bond donors (Lipinski definition) is 0. The molecule has 0 amide bonds. The SMILES string of the molecule is CCc1nn2c(ncc3c(=O)n(-n4cnnc4)ccc32)c1-c1ccc(Cl)cc1. The summed E-state index contributed by atoms with van der Waals surface area (Å²) in [6.45, 7) is 2.04.